The fourth-order valence-corrected chi connectivity index (χ4v) is 1.95. The van der Waals surface area contributed by atoms with E-state index >= 15 is 0 Å². The number of anilines is 1. The number of ether oxygens (including phenoxy) is 1. The summed E-state index contributed by atoms with van der Waals surface area (Å²) < 4.78 is 43.1. The number of hydrogen-bond acceptors (Lipinski definition) is 4. The number of carbonyl (C=O) groups is 2. The highest BCUT2D eigenvalue weighted by Gasteiger charge is 2.32. The van der Waals surface area contributed by atoms with E-state index in [0.29, 0.717) is 0 Å². The molecule has 1 aliphatic heterocycles. The highest BCUT2D eigenvalue weighted by Crippen LogP contribution is 2.34. The molecule has 1 fully saturated rings. The number of rotatable bonds is 4. The third-order valence-corrected chi connectivity index (χ3v) is 3.07. The highest BCUT2D eigenvalue weighted by molar-refractivity contribution is 6.02. The van der Waals surface area contributed by atoms with E-state index in [1.807, 2.05) is 0 Å². The third-order valence-electron chi connectivity index (χ3n) is 3.07. The molecule has 1 aliphatic rings. The Morgan fingerprint density at radius 1 is 1.19 bits per heavy atom. The molecule has 8 heteroatoms. The molecule has 1 aromatic carbocycles. The molecule has 114 valence electrons. The maximum Gasteiger partial charge on any atom is 0.416 e. The summed E-state index contributed by atoms with van der Waals surface area (Å²) >= 11 is 0. The fraction of sp³-hybridized carbons (Fsp3) is 0.385. The van der Waals surface area contributed by atoms with Crippen LogP contribution >= 0.6 is 0 Å². The first kappa shape index (κ1) is 15.1. The second-order valence-corrected chi connectivity index (χ2v) is 4.50. The Balaban J connectivity index is 2.16. The van der Waals surface area contributed by atoms with Gasteiger partial charge in [0.1, 0.15) is 5.75 Å². The van der Waals surface area contributed by atoms with Gasteiger partial charge < -0.3 is 10.1 Å². The molecule has 0 atom stereocenters. The maximum atomic E-state index is 12.7. The molecule has 1 aromatic rings. The van der Waals surface area contributed by atoms with Crippen molar-refractivity contribution < 1.29 is 27.5 Å². The molecule has 5 nitrogen and oxygen atoms in total. The van der Waals surface area contributed by atoms with Gasteiger partial charge in [-0.15, -0.1) is 0 Å². The van der Waals surface area contributed by atoms with Crippen molar-refractivity contribution in [1.82, 2.24) is 4.90 Å². The highest BCUT2D eigenvalue weighted by atomic mass is 19.4. The van der Waals surface area contributed by atoms with Gasteiger partial charge in [0.15, 0.2) is 0 Å². The van der Waals surface area contributed by atoms with Gasteiger partial charge in [0.05, 0.1) is 19.3 Å². The van der Waals surface area contributed by atoms with Crippen LogP contribution in [-0.4, -0.2) is 30.5 Å². The standard InChI is InChI=1S/C13H13F3N2O3/c1-21-10-5-8(13(14,15)16)4-9(6-10)17-7-18-11(19)2-3-12(18)20/h4-6,17H,2-3,7H2,1H3. The second kappa shape index (κ2) is 5.63. The molecular weight excluding hydrogens is 289 g/mol. The molecule has 2 amide bonds. The van der Waals surface area contributed by atoms with E-state index in [-0.39, 0.29) is 42.8 Å². The number of nitrogens with one attached hydrogen (secondary N) is 1. The second-order valence-electron chi connectivity index (χ2n) is 4.50. The van der Waals surface area contributed by atoms with Crippen molar-refractivity contribution in [1.29, 1.82) is 0 Å². The van der Waals surface area contributed by atoms with E-state index in [1.54, 1.807) is 0 Å². The van der Waals surface area contributed by atoms with Gasteiger partial charge in [0, 0.05) is 24.6 Å². The largest absolute Gasteiger partial charge is 0.497 e. The van der Waals surface area contributed by atoms with E-state index in [9.17, 15) is 22.8 Å². The third kappa shape index (κ3) is 3.45. The Bertz CT molecular complexity index is 556. The fourth-order valence-electron chi connectivity index (χ4n) is 1.95. The first-order valence-electron chi connectivity index (χ1n) is 6.14. The number of benzene rings is 1. The van der Waals surface area contributed by atoms with Crippen LogP contribution in [0.15, 0.2) is 18.2 Å². The number of likely N-dealkylation sites (tertiary alicyclic amines) is 1. The summed E-state index contributed by atoms with van der Waals surface area (Å²) in [5.74, 6) is -0.649. The minimum absolute atomic E-state index is 0.0337. The SMILES string of the molecule is COc1cc(NCN2C(=O)CCC2=O)cc(C(F)(F)F)c1. The van der Waals surface area contributed by atoms with Crippen LogP contribution in [0.25, 0.3) is 0 Å². The predicted molar refractivity (Wildman–Crippen MR) is 67.6 cm³/mol. The van der Waals surface area contributed by atoms with Crippen LogP contribution in [-0.2, 0) is 15.8 Å². The van der Waals surface area contributed by atoms with Crippen LogP contribution < -0.4 is 10.1 Å². The summed E-state index contributed by atoms with van der Waals surface area (Å²) in [6, 6.07) is 3.13. The molecule has 1 heterocycles. The molecule has 1 saturated heterocycles. The summed E-state index contributed by atoms with van der Waals surface area (Å²) in [5, 5.41) is 2.64. The van der Waals surface area contributed by atoms with Crippen LogP contribution in [0.2, 0.25) is 0 Å². The molecule has 0 unspecified atom stereocenters. The number of methoxy groups -OCH3 is 1. The summed E-state index contributed by atoms with van der Waals surface area (Å²) in [6.45, 7) is -0.165. The molecule has 0 aliphatic carbocycles. The lowest BCUT2D eigenvalue weighted by atomic mass is 10.2. The summed E-state index contributed by atoms with van der Waals surface area (Å²) in [5.41, 5.74) is -0.752. The predicted octanol–water partition coefficient (Wildman–Crippen LogP) is 2.23. The smallest absolute Gasteiger partial charge is 0.416 e. The molecule has 0 radical (unpaired) electrons. The number of alkyl halides is 3. The van der Waals surface area contributed by atoms with Crippen molar-refractivity contribution in [3.05, 3.63) is 23.8 Å². The molecule has 0 saturated carbocycles. The van der Waals surface area contributed by atoms with Gasteiger partial charge in [0.2, 0.25) is 11.8 Å². The first-order chi connectivity index (χ1) is 9.81. The van der Waals surface area contributed by atoms with Crippen LogP contribution in [0, 0.1) is 0 Å². The van der Waals surface area contributed by atoms with Crippen LogP contribution in [0.3, 0.4) is 0 Å². The molecule has 0 aromatic heterocycles. The van der Waals surface area contributed by atoms with Crippen molar-refractivity contribution in [2.45, 2.75) is 19.0 Å². The average Bonchev–Trinajstić information content (AvgIpc) is 2.74. The van der Waals surface area contributed by atoms with E-state index in [1.165, 1.54) is 13.2 Å². The van der Waals surface area contributed by atoms with Crippen molar-refractivity contribution in [2.75, 3.05) is 19.1 Å². The van der Waals surface area contributed by atoms with Crippen LogP contribution in [0.4, 0.5) is 18.9 Å². The van der Waals surface area contributed by atoms with Crippen LogP contribution in [0.5, 0.6) is 5.75 Å². The number of carbonyl (C=O) groups excluding carboxylic acids is 2. The van der Waals surface area contributed by atoms with Gasteiger partial charge in [-0.25, -0.2) is 0 Å². The minimum atomic E-state index is -4.51. The molecule has 21 heavy (non-hydrogen) atoms. The van der Waals surface area contributed by atoms with Crippen molar-refractivity contribution >= 4 is 17.5 Å². The topological polar surface area (TPSA) is 58.6 Å². The van der Waals surface area contributed by atoms with E-state index < -0.39 is 11.7 Å². The number of hydrogen-bond donors (Lipinski definition) is 1. The summed E-state index contributed by atoms with van der Waals surface area (Å²) in [7, 11) is 1.26. The Morgan fingerprint density at radius 3 is 2.33 bits per heavy atom. The Labute approximate surface area is 118 Å². The Hall–Kier alpha value is -2.25. The number of amides is 2. The number of imide groups is 1. The Kier molecular flexibility index (Phi) is 4.06. The zero-order chi connectivity index (χ0) is 15.6. The van der Waals surface area contributed by atoms with Gasteiger partial charge in [-0.05, 0) is 12.1 Å². The van der Waals surface area contributed by atoms with Crippen molar-refractivity contribution in [3.63, 3.8) is 0 Å². The zero-order valence-electron chi connectivity index (χ0n) is 11.2. The molecular formula is C13H13F3N2O3. The molecule has 0 spiro atoms. The lowest BCUT2D eigenvalue weighted by Crippen LogP contribution is -2.33. The summed E-state index contributed by atoms with van der Waals surface area (Å²) in [4.78, 5) is 23.8. The van der Waals surface area contributed by atoms with Gasteiger partial charge >= 0.3 is 6.18 Å². The van der Waals surface area contributed by atoms with E-state index in [4.69, 9.17) is 4.74 Å². The van der Waals surface area contributed by atoms with Gasteiger partial charge in [0.25, 0.3) is 0 Å². The normalized spacial score (nSPS) is 15.5. The summed E-state index contributed by atoms with van der Waals surface area (Å²) in [6.07, 6.45) is -4.25. The first-order valence-corrected chi connectivity index (χ1v) is 6.14. The van der Waals surface area contributed by atoms with Crippen molar-refractivity contribution in [3.8, 4) is 5.75 Å². The van der Waals surface area contributed by atoms with Gasteiger partial charge in [-0.1, -0.05) is 0 Å². The van der Waals surface area contributed by atoms with Crippen molar-refractivity contribution in [2.24, 2.45) is 0 Å². The van der Waals surface area contributed by atoms with Gasteiger partial charge in [-0.3, -0.25) is 14.5 Å². The zero-order valence-corrected chi connectivity index (χ0v) is 11.2. The molecule has 1 N–H and O–H groups in total. The number of halogens is 3. The van der Waals surface area contributed by atoms with E-state index in [0.717, 1.165) is 17.0 Å². The minimum Gasteiger partial charge on any atom is -0.497 e. The lowest BCUT2D eigenvalue weighted by molar-refractivity contribution is -0.139. The molecule has 0 bridgehead atoms. The number of nitrogens with zero attached hydrogens (tertiary/aromatic N) is 1. The monoisotopic (exact) mass is 302 g/mol. The molecule has 2 rings (SSSR count). The van der Waals surface area contributed by atoms with E-state index in [2.05, 4.69) is 5.32 Å². The lowest BCUT2D eigenvalue weighted by Gasteiger charge is -2.17. The van der Waals surface area contributed by atoms with Gasteiger partial charge in [-0.2, -0.15) is 13.2 Å². The van der Waals surface area contributed by atoms with Crippen LogP contribution in [0.1, 0.15) is 18.4 Å². The Morgan fingerprint density at radius 2 is 1.81 bits per heavy atom. The maximum absolute atomic E-state index is 12.7. The average molecular weight is 302 g/mol. The quantitative estimate of drug-likeness (QED) is 0.867.